The molecule has 0 bridgehead atoms. The summed E-state index contributed by atoms with van der Waals surface area (Å²) in [7, 11) is 5.94. The number of esters is 2. The van der Waals surface area contributed by atoms with E-state index in [1.54, 1.807) is 0 Å². The van der Waals surface area contributed by atoms with E-state index in [0.717, 1.165) is 83.5 Å². The summed E-state index contributed by atoms with van der Waals surface area (Å²) in [5.41, 5.74) is 0. The van der Waals surface area contributed by atoms with Crippen molar-refractivity contribution in [1.29, 1.82) is 0 Å². The molecule has 0 aromatic heterocycles. The quantitative estimate of drug-likeness (QED) is 0.0195. The molecule has 0 saturated carbocycles. The zero-order chi connectivity index (χ0) is 66.1. The summed E-state index contributed by atoms with van der Waals surface area (Å²) in [4.78, 5) is 37.6. The molecule has 0 amide bonds. The molecule has 0 spiro atoms. The first-order valence-electron chi connectivity index (χ1n) is 38.4. The number of nitrogens with zero attached hydrogens (tertiary/aromatic N) is 1. The number of hydrogen-bond donors (Lipinski definition) is 0. The molecule has 9 heteroatoms. The number of quaternary nitrogens is 1. The minimum Gasteiger partial charge on any atom is -0.545 e. The van der Waals surface area contributed by atoms with Gasteiger partial charge >= 0.3 is 11.9 Å². The zero-order valence-electron chi connectivity index (χ0n) is 60.2. The number of aliphatic carboxylic acids is 1. The number of ether oxygens (including phenoxy) is 4. The molecule has 0 aromatic rings. The van der Waals surface area contributed by atoms with Crippen LogP contribution in [0.3, 0.4) is 0 Å². The Morgan fingerprint density at radius 3 is 0.879 bits per heavy atom. The van der Waals surface area contributed by atoms with E-state index in [-0.39, 0.29) is 32.2 Å². The molecule has 0 N–H and O–H groups in total. The molecule has 0 aliphatic carbocycles. The van der Waals surface area contributed by atoms with Gasteiger partial charge in [0.05, 0.1) is 40.3 Å². The smallest absolute Gasteiger partial charge is 0.306 e. The van der Waals surface area contributed by atoms with Crippen LogP contribution in [-0.2, 0) is 33.3 Å². The van der Waals surface area contributed by atoms with Gasteiger partial charge in [-0.2, -0.15) is 0 Å². The van der Waals surface area contributed by atoms with E-state index in [1.807, 2.05) is 21.1 Å². The molecule has 0 fully saturated rings. The van der Waals surface area contributed by atoms with Crippen LogP contribution in [0.5, 0.6) is 0 Å². The van der Waals surface area contributed by atoms with Crippen LogP contribution in [0.1, 0.15) is 348 Å². The Kier molecular flexibility index (Phi) is 69.0. The minimum absolute atomic E-state index is 0.148. The van der Waals surface area contributed by atoms with Crippen molar-refractivity contribution in [2.24, 2.45) is 0 Å². The van der Waals surface area contributed by atoms with E-state index in [0.29, 0.717) is 23.9 Å². The lowest BCUT2D eigenvalue weighted by Crippen LogP contribution is -2.44. The summed E-state index contributed by atoms with van der Waals surface area (Å²) >= 11 is 0. The van der Waals surface area contributed by atoms with Gasteiger partial charge in [-0.05, 0) is 89.9 Å². The Bertz CT molecular complexity index is 1820. The topological polar surface area (TPSA) is 111 Å². The average molecular weight is 1270 g/mol. The summed E-state index contributed by atoms with van der Waals surface area (Å²) in [6.45, 7) is 4.57. The predicted molar refractivity (Wildman–Crippen MR) is 389 cm³/mol. The molecule has 9 nitrogen and oxygen atoms in total. The number of likely N-dealkylation sites (N-methyl/N-ethyl adjacent to an activating group) is 1. The van der Waals surface area contributed by atoms with E-state index in [4.69, 9.17) is 18.9 Å². The number of carboxylic acid groups (broad SMARTS) is 1. The second-order valence-electron chi connectivity index (χ2n) is 26.9. The van der Waals surface area contributed by atoms with Crippen molar-refractivity contribution in [1.82, 2.24) is 0 Å². The van der Waals surface area contributed by atoms with Crippen molar-refractivity contribution < 1.29 is 42.9 Å². The maximum Gasteiger partial charge on any atom is 0.306 e. The van der Waals surface area contributed by atoms with E-state index >= 15 is 0 Å². The SMILES string of the molecule is CC/C=C\C/C=C\C/C=C\C/C=C\CCCCCCCCCCCCCCCCCCCCCCC(=O)OCC(COC(OCC[N+](C)(C)C)C(=O)[O-])OC(=O)CCCCCCCCCCCCCCCCCCCCCC/C=C\C/C=C\C/C=C\C/C=C\CC. The Morgan fingerprint density at radius 1 is 0.330 bits per heavy atom. The minimum atomic E-state index is -1.62. The Labute approximate surface area is 562 Å². The zero-order valence-corrected chi connectivity index (χ0v) is 60.2. The third kappa shape index (κ3) is 73.5. The number of unbranched alkanes of at least 4 members (excludes halogenated alkanes) is 40. The lowest BCUT2D eigenvalue weighted by Gasteiger charge is -2.26. The number of hydrogen-bond acceptors (Lipinski definition) is 8. The van der Waals surface area contributed by atoms with Crippen LogP contribution in [0.25, 0.3) is 0 Å². The van der Waals surface area contributed by atoms with Crippen LogP contribution in [-0.4, -0.2) is 82.3 Å². The second kappa shape index (κ2) is 72.0. The van der Waals surface area contributed by atoms with Crippen molar-refractivity contribution in [3.8, 4) is 0 Å². The number of allylic oxidation sites excluding steroid dienone is 16. The van der Waals surface area contributed by atoms with E-state index in [2.05, 4.69) is 111 Å². The van der Waals surface area contributed by atoms with Crippen molar-refractivity contribution in [2.75, 3.05) is 47.5 Å². The van der Waals surface area contributed by atoms with Gasteiger partial charge in [-0.1, -0.05) is 342 Å². The molecule has 0 aliphatic heterocycles. The van der Waals surface area contributed by atoms with Gasteiger partial charge in [0, 0.05) is 12.8 Å². The maximum absolute atomic E-state index is 13.0. The maximum atomic E-state index is 13.0. The molecule has 0 rings (SSSR count). The number of rotatable bonds is 71. The van der Waals surface area contributed by atoms with Crippen LogP contribution < -0.4 is 5.11 Å². The second-order valence-corrected chi connectivity index (χ2v) is 26.9. The summed E-state index contributed by atoms with van der Waals surface area (Å²) in [6.07, 6.45) is 96.6. The van der Waals surface area contributed by atoms with E-state index in [1.165, 1.54) is 231 Å². The monoisotopic (exact) mass is 1270 g/mol. The van der Waals surface area contributed by atoms with Gasteiger partial charge in [0.25, 0.3) is 0 Å². The highest BCUT2D eigenvalue weighted by molar-refractivity contribution is 5.70. The van der Waals surface area contributed by atoms with Gasteiger partial charge in [0.1, 0.15) is 13.2 Å². The number of carbonyl (C=O) groups is 3. The summed E-state index contributed by atoms with van der Waals surface area (Å²) < 4.78 is 22.9. The van der Waals surface area contributed by atoms with Crippen LogP contribution in [0.4, 0.5) is 0 Å². The first kappa shape index (κ1) is 87.2. The molecular formula is C82H145NO8. The molecule has 526 valence electrons. The van der Waals surface area contributed by atoms with Gasteiger partial charge in [0.2, 0.25) is 0 Å². The predicted octanol–water partition coefficient (Wildman–Crippen LogP) is 23.0. The van der Waals surface area contributed by atoms with Gasteiger partial charge < -0.3 is 33.3 Å². The van der Waals surface area contributed by atoms with Gasteiger partial charge in [-0.25, -0.2) is 0 Å². The average Bonchev–Trinajstić information content (AvgIpc) is 3.63. The first-order chi connectivity index (χ1) is 44.6. The van der Waals surface area contributed by atoms with Crippen LogP contribution in [0.2, 0.25) is 0 Å². The highest BCUT2D eigenvalue weighted by Crippen LogP contribution is 2.19. The lowest BCUT2D eigenvalue weighted by molar-refractivity contribution is -0.870. The van der Waals surface area contributed by atoms with Crippen molar-refractivity contribution in [3.05, 3.63) is 97.2 Å². The normalized spacial score (nSPS) is 13.2. The van der Waals surface area contributed by atoms with Gasteiger partial charge in [-0.3, -0.25) is 9.59 Å². The summed E-state index contributed by atoms with van der Waals surface area (Å²) in [6, 6.07) is 0. The third-order valence-electron chi connectivity index (χ3n) is 16.8. The van der Waals surface area contributed by atoms with Crippen LogP contribution in [0.15, 0.2) is 97.2 Å². The largest absolute Gasteiger partial charge is 0.545 e. The van der Waals surface area contributed by atoms with Gasteiger partial charge in [-0.15, -0.1) is 0 Å². The van der Waals surface area contributed by atoms with Crippen molar-refractivity contribution in [2.45, 2.75) is 360 Å². The molecule has 0 radical (unpaired) electrons. The molecule has 2 unspecified atom stereocenters. The van der Waals surface area contributed by atoms with Crippen molar-refractivity contribution >= 4 is 17.9 Å². The van der Waals surface area contributed by atoms with E-state index < -0.39 is 24.3 Å². The fraction of sp³-hybridized carbons (Fsp3) is 0.768. The first-order valence-corrected chi connectivity index (χ1v) is 38.4. The van der Waals surface area contributed by atoms with Crippen LogP contribution >= 0.6 is 0 Å². The fourth-order valence-corrected chi connectivity index (χ4v) is 11.1. The molecule has 0 aromatic carbocycles. The molecular weight excluding hydrogens is 1130 g/mol. The highest BCUT2D eigenvalue weighted by atomic mass is 16.7. The number of carboxylic acids is 1. The van der Waals surface area contributed by atoms with Crippen molar-refractivity contribution in [3.63, 3.8) is 0 Å². The highest BCUT2D eigenvalue weighted by Gasteiger charge is 2.22. The lowest BCUT2D eigenvalue weighted by atomic mass is 10.0. The number of carbonyl (C=O) groups excluding carboxylic acids is 3. The third-order valence-corrected chi connectivity index (χ3v) is 16.8. The standard InChI is InChI=1S/C82H145NO8/c1-6-8-10-12-14-16-18-20-22-24-26-28-30-32-34-36-38-40-42-44-46-48-50-52-54-56-58-60-62-64-66-68-70-72-79(84)89-76-78(77-90-82(81(86)87)88-75-74-83(3,4)5)91-80(85)73-71-69-67-65-63-61-59-57-55-53-51-49-47-45-43-41-39-37-35-33-31-29-27-25-23-21-19-17-15-13-11-9-7-2/h8-11,14-17,20-23,26-29,78,82H,6-7,12-13,18-19,24-25,30-77H2,1-5H3/b10-8-,11-9-,16-14-,17-15-,22-20-,23-21-,28-26-,29-27-. The fourth-order valence-electron chi connectivity index (χ4n) is 11.1. The molecule has 0 aliphatic rings. The molecule has 0 saturated heterocycles. The molecule has 2 atom stereocenters. The van der Waals surface area contributed by atoms with Gasteiger partial charge in [0.15, 0.2) is 12.4 Å². The Balaban J connectivity index is 4.01. The summed E-state index contributed by atoms with van der Waals surface area (Å²) in [5, 5.41) is 11.9. The summed E-state index contributed by atoms with van der Waals surface area (Å²) in [5.74, 6) is -2.26. The Hall–Kier alpha value is -3.79. The molecule has 91 heavy (non-hydrogen) atoms. The Morgan fingerprint density at radius 2 is 0.593 bits per heavy atom. The van der Waals surface area contributed by atoms with Crippen LogP contribution in [0, 0.1) is 0 Å². The van der Waals surface area contributed by atoms with E-state index in [9.17, 15) is 19.5 Å². The molecule has 0 heterocycles.